The standard InChI is InChI=1S/C22H19ClF2N4O2/c1-2-4-17(31)28-7-9-29(10-8-28)22-13-11-14(23)18(20(25)21(13)26-12-27-22)19-15(24)5-3-6-16(19)30/h2-6,11-12,30H,7-10H2,1H3/b4-2+. The molecule has 0 aliphatic carbocycles. The van der Waals surface area contributed by atoms with Crippen LogP contribution >= 0.6 is 11.6 Å². The number of carbonyl (C=O) groups is 1. The summed E-state index contributed by atoms with van der Waals surface area (Å²) in [5.74, 6) is -1.63. The third kappa shape index (κ3) is 3.79. The van der Waals surface area contributed by atoms with Gasteiger partial charge in [-0.05, 0) is 31.2 Å². The molecule has 2 heterocycles. The van der Waals surface area contributed by atoms with Crippen LogP contribution in [0.5, 0.6) is 5.75 Å². The normalized spacial score (nSPS) is 14.6. The molecule has 4 rings (SSSR count). The summed E-state index contributed by atoms with van der Waals surface area (Å²) in [4.78, 5) is 24.1. The lowest BCUT2D eigenvalue weighted by Crippen LogP contribution is -2.48. The molecule has 6 nitrogen and oxygen atoms in total. The first kappa shape index (κ1) is 21.0. The Morgan fingerprint density at radius 2 is 1.90 bits per heavy atom. The van der Waals surface area contributed by atoms with Gasteiger partial charge in [0.05, 0.1) is 10.6 Å². The molecule has 2 aromatic carbocycles. The van der Waals surface area contributed by atoms with E-state index in [0.29, 0.717) is 37.4 Å². The highest BCUT2D eigenvalue weighted by molar-refractivity contribution is 6.34. The van der Waals surface area contributed by atoms with E-state index < -0.39 is 17.4 Å². The molecule has 0 bridgehead atoms. The average Bonchev–Trinajstić information content (AvgIpc) is 2.75. The summed E-state index contributed by atoms with van der Waals surface area (Å²) in [5.41, 5.74) is -0.598. The van der Waals surface area contributed by atoms with Gasteiger partial charge in [0.2, 0.25) is 5.91 Å². The molecule has 0 saturated carbocycles. The van der Waals surface area contributed by atoms with Gasteiger partial charge in [0.15, 0.2) is 5.82 Å². The first-order chi connectivity index (χ1) is 14.9. The molecule has 1 aromatic heterocycles. The maximum absolute atomic E-state index is 15.4. The maximum atomic E-state index is 15.4. The van der Waals surface area contributed by atoms with Crippen molar-refractivity contribution in [2.45, 2.75) is 6.92 Å². The van der Waals surface area contributed by atoms with Gasteiger partial charge in [-0.3, -0.25) is 4.79 Å². The molecule has 1 saturated heterocycles. The third-order valence-electron chi connectivity index (χ3n) is 5.24. The topological polar surface area (TPSA) is 69.6 Å². The summed E-state index contributed by atoms with van der Waals surface area (Å²) in [5, 5.41) is 10.4. The van der Waals surface area contributed by atoms with Gasteiger partial charge in [-0.25, -0.2) is 18.7 Å². The van der Waals surface area contributed by atoms with E-state index in [1.165, 1.54) is 30.6 Å². The van der Waals surface area contributed by atoms with Crippen LogP contribution in [0.3, 0.4) is 0 Å². The number of nitrogens with zero attached hydrogens (tertiary/aromatic N) is 4. The molecule has 1 aliphatic rings. The lowest BCUT2D eigenvalue weighted by Gasteiger charge is -2.35. The highest BCUT2D eigenvalue weighted by Crippen LogP contribution is 2.42. The predicted octanol–water partition coefficient (Wildman–Crippen LogP) is 4.16. The summed E-state index contributed by atoms with van der Waals surface area (Å²) in [6.07, 6.45) is 4.45. The van der Waals surface area contributed by atoms with Crippen molar-refractivity contribution in [3.8, 4) is 16.9 Å². The van der Waals surface area contributed by atoms with Crippen molar-refractivity contribution in [1.82, 2.24) is 14.9 Å². The Kier molecular flexibility index (Phi) is 5.73. The lowest BCUT2D eigenvalue weighted by molar-refractivity contribution is -0.126. The Morgan fingerprint density at radius 1 is 1.16 bits per heavy atom. The summed E-state index contributed by atoms with van der Waals surface area (Å²) in [7, 11) is 0. The number of aromatic nitrogens is 2. The predicted molar refractivity (Wildman–Crippen MR) is 115 cm³/mol. The minimum Gasteiger partial charge on any atom is -0.507 e. The fraction of sp³-hybridized carbons (Fsp3) is 0.227. The first-order valence-corrected chi connectivity index (χ1v) is 10.1. The summed E-state index contributed by atoms with van der Waals surface area (Å²) < 4.78 is 29.8. The van der Waals surface area contributed by atoms with Crippen LogP contribution < -0.4 is 4.90 Å². The number of halogens is 3. The summed E-state index contributed by atoms with van der Waals surface area (Å²) in [6, 6.07) is 5.18. The Morgan fingerprint density at radius 3 is 2.58 bits per heavy atom. The second-order valence-electron chi connectivity index (χ2n) is 7.09. The van der Waals surface area contributed by atoms with E-state index in [2.05, 4.69) is 9.97 Å². The number of hydrogen-bond acceptors (Lipinski definition) is 5. The van der Waals surface area contributed by atoms with E-state index in [9.17, 15) is 14.3 Å². The smallest absolute Gasteiger partial charge is 0.246 e. The lowest BCUT2D eigenvalue weighted by atomic mass is 10.0. The third-order valence-corrected chi connectivity index (χ3v) is 5.54. The highest BCUT2D eigenvalue weighted by Gasteiger charge is 2.26. The molecule has 9 heteroatoms. The number of hydrogen-bond donors (Lipinski definition) is 1. The Hall–Kier alpha value is -3.26. The van der Waals surface area contributed by atoms with Crippen molar-refractivity contribution in [1.29, 1.82) is 0 Å². The van der Waals surface area contributed by atoms with Crippen molar-refractivity contribution in [2.24, 2.45) is 0 Å². The van der Waals surface area contributed by atoms with Crippen LogP contribution in [0.1, 0.15) is 6.92 Å². The number of allylic oxidation sites excluding steroid dienone is 1. The van der Waals surface area contributed by atoms with E-state index in [1.54, 1.807) is 17.9 Å². The van der Waals surface area contributed by atoms with Crippen LogP contribution in [0.25, 0.3) is 22.0 Å². The molecule has 1 N–H and O–H groups in total. The van der Waals surface area contributed by atoms with Gasteiger partial charge < -0.3 is 14.9 Å². The largest absolute Gasteiger partial charge is 0.507 e. The van der Waals surface area contributed by atoms with Crippen molar-refractivity contribution < 1.29 is 18.7 Å². The Labute approximate surface area is 182 Å². The number of phenolic OH excluding ortho intramolecular Hbond substituents is 1. The monoisotopic (exact) mass is 444 g/mol. The van der Waals surface area contributed by atoms with Crippen LogP contribution in [-0.4, -0.2) is 52.1 Å². The van der Waals surface area contributed by atoms with Crippen LogP contribution in [0.4, 0.5) is 14.6 Å². The van der Waals surface area contributed by atoms with E-state index in [0.717, 1.165) is 6.07 Å². The average molecular weight is 445 g/mol. The molecule has 3 aromatic rings. The van der Waals surface area contributed by atoms with Gasteiger partial charge in [0, 0.05) is 37.1 Å². The maximum Gasteiger partial charge on any atom is 0.246 e. The number of fused-ring (bicyclic) bond motifs is 1. The fourth-order valence-electron chi connectivity index (χ4n) is 3.74. The highest BCUT2D eigenvalue weighted by atomic mass is 35.5. The van der Waals surface area contributed by atoms with Crippen molar-refractivity contribution in [3.05, 3.63) is 59.4 Å². The van der Waals surface area contributed by atoms with E-state index in [4.69, 9.17) is 11.6 Å². The SMILES string of the molecule is C/C=C/C(=O)N1CCN(c2ncnc3c(F)c(-c4c(O)cccc4F)c(Cl)cc23)CC1. The molecular formula is C22H19ClF2N4O2. The van der Waals surface area contributed by atoms with Crippen LogP contribution in [-0.2, 0) is 4.79 Å². The molecule has 0 atom stereocenters. The van der Waals surface area contributed by atoms with Crippen LogP contribution in [0, 0.1) is 11.6 Å². The number of piperazine rings is 1. The van der Waals surface area contributed by atoms with Gasteiger partial charge in [-0.1, -0.05) is 23.7 Å². The molecule has 1 amide bonds. The molecule has 1 fully saturated rings. The van der Waals surface area contributed by atoms with E-state index in [1.807, 2.05) is 4.90 Å². The van der Waals surface area contributed by atoms with Gasteiger partial charge in [0.25, 0.3) is 0 Å². The molecule has 0 radical (unpaired) electrons. The number of amides is 1. The first-order valence-electron chi connectivity index (χ1n) is 9.69. The number of benzene rings is 2. The summed E-state index contributed by atoms with van der Waals surface area (Å²) in [6.45, 7) is 3.78. The second kappa shape index (κ2) is 8.47. The number of anilines is 1. The minimum absolute atomic E-state index is 0.0283. The number of rotatable bonds is 3. The number of aromatic hydroxyl groups is 1. The van der Waals surface area contributed by atoms with Gasteiger partial charge in [0.1, 0.15) is 29.2 Å². The van der Waals surface area contributed by atoms with Crippen LogP contribution in [0.15, 0.2) is 42.7 Å². The molecule has 0 spiro atoms. The van der Waals surface area contributed by atoms with Crippen molar-refractivity contribution >= 4 is 34.2 Å². The molecular weight excluding hydrogens is 426 g/mol. The Bertz CT molecular complexity index is 1170. The molecule has 31 heavy (non-hydrogen) atoms. The Balaban J connectivity index is 1.75. The molecule has 1 aliphatic heterocycles. The quantitative estimate of drug-likeness (QED) is 0.614. The van der Waals surface area contributed by atoms with E-state index >= 15 is 4.39 Å². The molecule has 0 unspecified atom stereocenters. The van der Waals surface area contributed by atoms with Crippen LogP contribution in [0.2, 0.25) is 5.02 Å². The zero-order valence-electron chi connectivity index (χ0n) is 16.6. The number of phenols is 1. The van der Waals surface area contributed by atoms with Gasteiger partial charge >= 0.3 is 0 Å². The summed E-state index contributed by atoms with van der Waals surface area (Å²) >= 11 is 6.35. The second-order valence-corrected chi connectivity index (χ2v) is 7.49. The zero-order valence-corrected chi connectivity index (χ0v) is 17.4. The fourth-order valence-corrected chi connectivity index (χ4v) is 4.03. The molecule has 160 valence electrons. The van der Waals surface area contributed by atoms with Gasteiger partial charge in [-0.15, -0.1) is 0 Å². The van der Waals surface area contributed by atoms with Gasteiger partial charge in [-0.2, -0.15) is 0 Å². The number of carbonyl (C=O) groups excluding carboxylic acids is 1. The van der Waals surface area contributed by atoms with Crippen molar-refractivity contribution in [3.63, 3.8) is 0 Å². The minimum atomic E-state index is -0.839. The zero-order chi connectivity index (χ0) is 22.1. The van der Waals surface area contributed by atoms with Crippen molar-refractivity contribution in [2.75, 3.05) is 31.1 Å². The van der Waals surface area contributed by atoms with E-state index in [-0.39, 0.29) is 27.6 Å².